The number of hydrogen-bond donors (Lipinski definition) is 0. The molecule has 0 aliphatic carbocycles. The Morgan fingerprint density at radius 3 is 2.94 bits per heavy atom. The Morgan fingerprint density at radius 2 is 2.31 bits per heavy atom. The normalized spacial score (nSPS) is 10.3. The van der Waals surface area contributed by atoms with E-state index in [1.807, 2.05) is 0 Å². The maximum atomic E-state index is 11.4. The van der Waals surface area contributed by atoms with Crippen LogP contribution in [-0.2, 0) is 4.74 Å². The van der Waals surface area contributed by atoms with Crippen LogP contribution in [0, 0.1) is 10.1 Å². The van der Waals surface area contributed by atoms with Crippen LogP contribution in [0.15, 0.2) is 24.4 Å². The Kier molecular flexibility index (Phi) is 2.28. The SMILES string of the molecule is COC(=O)c1cccc2ncc([N+](=O)[O-])n12. The van der Waals surface area contributed by atoms with Gasteiger partial charge in [-0.3, -0.25) is 0 Å². The fourth-order valence-corrected chi connectivity index (χ4v) is 1.41. The van der Waals surface area contributed by atoms with Gasteiger partial charge in [-0.2, -0.15) is 4.40 Å². The summed E-state index contributed by atoms with van der Waals surface area (Å²) in [5.74, 6) is -0.914. The maximum absolute atomic E-state index is 11.4. The number of rotatable bonds is 2. The highest BCUT2D eigenvalue weighted by molar-refractivity contribution is 5.88. The van der Waals surface area contributed by atoms with Crippen LogP contribution in [0.3, 0.4) is 0 Å². The Balaban J connectivity index is 2.78. The van der Waals surface area contributed by atoms with E-state index in [0.29, 0.717) is 5.65 Å². The van der Waals surface area contributed by atoms with E-state index in [-0.39, 0.29) is 11.5 Å². The van der Waals surface area contributed by atoms with E-state index in [2.05, 4.69) is 9.72 Å². The van der Waals surface area contributed by atoms with E-state index in [1.165, 1.54) is 13.2 Å². The summed E-state index contributed by atoms with van der Waals surface area (Å²) in [4.78, 5) is 25.4. The van der Waals surface area contributed by atoms with E-state index in [9.17, 15) is 14.9 Å². The summed E-state index contributed by atoms with van der Waals surface area (Å²) in [6.45, 7) is 0. The molecule has 0 atom stereocenters. The monoisotopic (exact) mass is 221 g/mol. The summed E-state index contributed by atoms with van der Waals surface area (Å²) in [7, 11) is 1.21. The Labute approximate surface area is 89.4 Å². The van der Waals surface area contributed by atoms with Gasteiger partial charge in [0, 0.05) is 6.07 Å². The lowest BCUT2D eigenvalue weighted by Gasteiger charge is -1.99. The van der Waals surface area contributed by atoms with Gasteiger partial charge in [-0.15, -0.1) is 0 Å². The van der Waals surface area contributed by atoms with Crippen LogP contribution in [-0.4, -0.2) is 27.4 Å². The molecule has 2 heterocycles. The van der Waals surface area contributed by atoms with Gasteiger partial charge in [0.15, 0.2) is 0 Å². The van der Waals surface area contributed by atoms with Crippen molar-refractivity contribution in [2.45, 2.75) is 0 Å². The molecule has 7 nitrogen and oxygen atoms in total. The lowest BCUT2D eigenvalue weighted by molar-refractivity contribution is -0.390. The Hall–Kier alpha value is -2.44. The number of hydrogen-bond acceptors (Lipinski definition) is 5. The minimum Gasteiger partial charge on any atom is -0.463 e. The first-order valence-electron chi connectivity index (χ1n) is 4.34. The summed E-state index contributed by atoms with van der Waals surface area (Å²) in [5.41, 5.74) is 0.402. The number of methoxy groups -OCH3 is 1. The number of nitrogens with zero attached hydrogens (tertiary/aromatic N) is 3. The highest BCUT2D eigenvalue weighted by Gasteiger charge is 2.22. The summed E-state index contributed by atoms with van der Waals surface area (Å²) < 4.78 is 5.68. The summed E-state index contributed by atoms with van der Waals surface area (Å²) in [5, 5.41) is 10.7. The predicted octanol–water partition coefficient (Wildman–Crippen LogP) is 1.03. The van der Waals surface area contributed by atoms with Crippen LogP contribution in [0.4, 0.5) is 5.82 Å². The van der Waals surface area contributed by atoms with Crippen LogP contribution in [0.2, 0.25) is 0 Å². The van der Waals surface area contributed by atoms with Gasteiger partial charge in [0.1, 0.15) is 6.20 Å². The Bertz CT molecular complexity index is 575. The molecule has 16 heavy (non-hydrogen) atoms. The molecule has 0 fully saturated rings. The molecule has 0 N–H and O–H groups in total. The van der Waals surface area contributed by atoms with Crippen molar-refractivity contribution in [2.24, 2.45) is 0 Å². The number of aromatic nitrogens is 2. The van der Waals surface area contributed by atoms with Crippen molar-refractivity contribution in [1.29, 1.82) is 0 Å². The van der Waals surface area contributed by atoms with Crippen LogP contribution >= 0.6 is 0 Å². The number of esters is 1. The number of ether oxygens (including phenoxy) is 1. The van der Waals surface area contributed by atoms with E-state index in [1.54, 1.807) is 12.1 Å². The van der Waals surface area contributed by atoms with Gasteiger partial charge < -0.3 is 14.9 Å². The highest BCUT2D eigenvalue weighted by atomic mass is 16.6. The first-order chi connectivity index (χ1) is 7.65. The average molecular weight is 221 g/mol. The van der Waals surface area contributed by atoms with Crippen molar-refractivity contribution in [3.05, 3.63) is 40.2 Å². The van der Waals surface area contributed by atoms with Gasteiger partial charge in [-0.25, -0.2) is 9.78 Å². The zero-order valence-electron chi connectivity index (χ0n) is 8.28. The standard InChI is InChI=1S/C9H7N3O4/c1-16-9(13)6-3-2-4-7-10-5-8(11(6)7)12(14)15/h2-5H,1H3. The molecule has 0 saturated heterocycles. The van der Waals surface area contributed by atoms with Crippen molar-refractivity contribution in [2.75, 3.05) is 7.11 Å². The number of fused-ring (bicyclic) bond motifs is 1. The topological polar surface area (TPSA) is 86.7 Å². The van der Waals surface area contributed by atoms with E-state index in [4.69, 9.17) is 0 Å². The first-order valence-corrected chi connectivity index (χ1v) is 4.34. The number of carbonyl (C=O) groups is 1. The predicted molar refractivity (Wildman–Crippen MR) is 53.2 cm³/mol. The lowest BCUT2D eigenvalue weighted by atomic mass is 10.3. The van der Waals surface area contributed by atoms with Crippen molar-refractivity contribution >= 4 is 17.4 Å². The number of imidazole rings is 1. The largest absolute Gasteiger partial charge is 0.463 e. The smallest absolute Gasteiger partial charge is 0.378 e. The molecule has 2 aromatic rings. The van der Waals surface area contributed by atoms with E-state index in [0.717, 1.165) is 10.6 Å². The molecule has 0 aromatic carbocycles. The number of carbonyl (C=O) groups excluding carboxylic acids is 1. The molecule has 2 aromatic heterocycles. The molecule has 2 rings (SSSR count). The van der Waals surface area contributed by atoms with Gasteiger partial charge in [-0.1, -0.05) is 6.07 Å². The number of nitro groups is 1. The molecule has 0 radical (unpaired) electrons. The highest BCUT2D eigenvalue weighted by Crippen LogP contribution is 2.17. The van der Waals surface area contributed by atoms with Crippen LogP contribution in [0.5, 0.6) is 0 Å². The van der Waals surface area contributed by atoms with Gasteiger partial charge in [0.25, 0.3) is 0 Å². The molecular formula is C9H7N3O4. The molecule has 0 unspecified atom stereocenters. The van der Waals surface area contributed by atoms with Gasteiger partial charge >= 0.3 is 11.8 Å². The molecular weight excluding hydrogens is 214 g/mol. The number of pyridine rings is 1. The zero-order valence-corrected chi connectivity index (χ0v) is 8.28. The fraction of sp³-hybridized carbons (Fsp3) is 0.111. The minimum atomic E-state index is -0.647. The molecule has 82 valence electrons. The molecule has 0 spiro atoms. The van der Waals surface area contributed by atoms with Crippen LogP contribution in [0.25, 0.3) is 5.65 Å². The average Bonchev–Trinajstić information content (AvgIpc) is 2.71. The first kappa shape index (κ1) is 10.1. The second-order valence-electron chi connectivity index (χ2n) is 2.97. The van der Waals surface area contributed by atoms with Gasteiger partial charge in [-0.05, 0) is 11.0 Å². The van der Waals surface area contributed by atoms with Crippen molar-refractivity contribution in [1.82, 2.24) is 9.38 Å². The zero-order chi connectivity index (χ0) is 11.7. The van der Waals surface area contributed by atoms with Crippen molar-refractivity contribution in [3.8, 4) is 0 Å². The molecule has 0 bridgehead atoms. The van der Waals surface area contributed by atoms with E-state index >= 15 is 0 Å². The van der Waals surface area contributed by atoms with Crippen LogP contribution in [0.1, 0.15) is 10.5 Å². The molecule has 0 saturated carbocycles. The third kappa shape index (κ3) is 1.38. The lowest BCUT2D eigenvalue weighted by Crippen LogP contribution is -2.09. The molecule has 0 aliphatic heterocycles. The summed E-state index contributed by atoms with van der Waals surface area (Å²) >= 11 is 0. The third-order valence-electron chi connectivity index (χ3n) is 2.09. The fourth-order valence-electron chi connectivity index (χ4n) is 1.41. The third-order valence-corrected chi connectivity index (χ3v) is 2.09. The second kappa shape index (κ2) is 3.61. The maximum Gasteiger partial charge on any atom is 0.378 e. The minimum absolute atomic E-state index is 0.0733. The van der Waals surface area contributed by atoms with Gasteiger partial charge in [0.05, 0.1) is 7.11 Å². The molecule has 7 heteroatoms. The summed E-state index contributed by atoms with van der Waals surface area (Å²) in [6, 6.07) is 4.59. The van der Waals surface area contributed by atoms with E-state index < -0.39 is 10.9 Å². The summed E-state index contributed by atoms with van der Waals surface area (Å²) in [6.07, 6.45) is 1.10. The van der Waals surface area contributed by atoms with Crippen molar-refractivity contribution in [3.63, 3.8) is 0 Å². The van der Waals surface area contributed by atoms with Crippen molar-refractivity contribution < 1.29 is 14.5 Å². The van der Waals surface area contributed by atoms with Crippen LogP contribution < -0.4 is 0 Å². The van der Waals surface area contributed by atoms with Gasteiger partial charge in [0.2, 0.25) is 11.3 Å². The Morgan fingerprint density at radius 1 is 1.56 bits per heavy atom. The second-order valence-corrected chi connectivity index (χ2v) is 2.97. The quantitative estimate of drug-likeness (QED) is 0.429. The molecule has 0 aliphatic rings. The molecule has 0 amide bonds.